The summed E-state index contributed by atoms with van der Waals surface area (Å²) in [4.78, 5) is 22.2. The third kappa shape index (κ3) is 2.57. The maximum absolute atomic E-state index is 11.4. The fraction of sp³-hybridized carbons (Fsp3) is 0.273. The van der Waals surface area contributed by atoms with Crippen LogP contribution in [0.4, 0.5) is 0 Å². The Hall–Kier alpha value is -1.35. The molecule has 0 fully saturated rings. The summed E-state index contributed by atoms with van der Waals surface area (Å²) >= 11 is 5.86. The van der Waals surface area contributed by atoms with E-state index in [1.807, 2.05) is 0 Å². The molecule has 1 rings (SSSR count). The smallest absolute Gasteiger partial charge is 0.338 e. The molecule has 0 bridgehead atoms. The second-order valence-electron chi connectivity index (χ2n) is 3.03. The standard InChI is InChI=1S/C11H11ClO3/c1-3-15-11(14)9-5-10(12)7(2)4-8(9)6-13/h4-6H,3H2,1-2H3. The highest BCUT2D eigenvalue weighted by Crippen LogP contribution is 2.20. The van der Waals surface area contributed by atoms with Crippen molar-refractivity contribution >= 4 is 23.9 Å². The second-order valence-corrected chi connectivity index (χ2v) is 3.43. The van der Waals surface area contributed by atoms with E-state index >= 15 is 0 Å². The van der Waals surface area contributed by atoms with Gasteiger partial charge in [-0.3, -0.25) is 4.79 Å². The number of benzene rings is 1. The predicted molar refractivity (Wildman–Crippen MR) is 57.5 cm³/mol. The number of aldehydes is 1. The second kappa shape index (κ2) is 4.94. The van der Waals surface area contributed by atoms with Crippen LogP contribution >= 0.6 is 11.6 Å². The Bertz CT molecular complexity index is 399. The molecule has 0 atom stereocenters. The number of hydrogen-bond acceptors (Lipinski definition) is 3. The molecular formula is C11H11ClO3. The van der Waals surface area contributed by atoms with E-state index in [1.54, 1.807) is 19.9 Å². The molecule has 0 radical (unpaired) electrons. The van der Waals surface area contributed by atoms with Crippen LogP contribution in [0, 0.1) is 6.92 Å². The van der Waals surface area contributed by atoms with Gasteiger partial charge in [0.15, 0.2) is 6.29 Å². The average molecular weight is 227 g/mol. The average Bonchev–Trinajstić information content (AvgIpc) is 2.21. The number of rotatable bonds is 3. The number of esters is 1. The molecule has 1 aromatic rings. The molecule has 0 amide bonds. The highest BCUT2D eigenvalue weighted by Gasteiger charge is 2.14. The van der Waals surface area contributed by atoms with E-state index in [4.69, 9.17) is 16.3 Å². The van der Waals surface area contributed by atoms with Crippen molar-refractivity contribution in [2.75, 3.05) is 6.61 Å². The van der Waals surface area contributed by atoms with E-state index in [0.29, 0.717) is 16.9 Å². The molecule has 0 saturated carbocycles. The van der Waals surface area contributed by atoms with E-state index in [9.17, 15) is 9.59 Å². The highest BCUT2D eigenvalue weighted by molar-refractivity contribution is 6.31. The van der Waals surface area contributed by atoms with Crippen LogP contribution in [0.3, 0.4) is 0 Å². The fourth-order valence-corrected chi connectivity index (χ4v) is 1.35. The van der Waals surface area contributed by atoms with Crippen molar-refractivity contribution in [1.82, 2.24) is 0 Å². The number of carbonyl (C=O) groups excluding carboxylic acids is 2. The Morgan fingerprint density at radius 3 is 2.73 bits per heavy atom. The summed E-state index contributed by atoms with van der Waals surface area (Å²) in [5.74, 6) is -0.526. The third-order valence-corrected chi connectivity index (χ3v) is 2.36. The van der Waals surface area contributed by atoms with E-state index in [0.717, 1.165) is 5.56 Å². The van der Waals surface area contributed by atoms with Gasteiger partial charge in [0.25, 0.3) is 0 Å². The summed E-state index contributed by atoms with van der Waals surface area (Å²) in [6.07, 6.45) is 0.621. The van der Waals surface area contributed by atoms with Gasteiger partial charge in [0.2, 0.25) is 0 Å². The molecule has 80 valence electrons. The van der Waals surface area contributed by atoms with Gasteiger partial charge in [-0.15, -0.1) is 0 Å². The molecule has 0 aliphatic heterocycles. The van der Waals surface area contributed by atoms with Crippen molar-refractivity contribution in [2.24, 2.45) is 0 Å². The number of halogens is 1. The molecular weight excluding hydrogens is 216 g/mol. The summed E-state index contributed by atoms with van der Waals surface area (Å²) in [7, 11) is 0. The lowest BCUT2D eigenvalue weighted by Gasteiger charge is -2.06. The SMILES string of the molecule is CCOC(=O)c1cc(Cl)c(C)cc1C=O. The van der Waals surface area contributed by atoms with Gasteiger partial charge >= 0.3 is 5.97 Å². The molecule has 0 unspecified atom stereocenters. The zero-order valence-electron chi connectivity index (χ0n) is 8.54. The van der Waals surface area contributed by atoms with Crippen LogP contribution in [0.25, 0.3) is 0 Å². The number of aryl methyl sites for hydroxylation is 1. The summed E-state index contributed by atoms with van der Waals surface area (Å²) in [5, 5.41) is 0.448. The van der Waals surface area contributed by atoms with Gasteiger partial charge in [-0.05, 0) is 31.5 Å². The summed E-state index contributed by atoms with van der Waals surface area (Å²) in [5.41, 5.74) is 1.27. The third-order valence-electron chi connectivity index (χ3n) is 1.95. The van der Waals surface area contributed by atoms with Crippen LogP contribution in [0.15, 0.2) is 12.1 Å². The van der Waals surface area contributed by atoms with Crippen molar-refractivity contribution in [1.29, 1.82) is 0 Å². The van der Waals surface area contributed by atoms with Crippen molar-refractivity contribution in [3.63, 3.8) is 0 Å². The van der Waals surface area contributed by atoms with E-state index in [-0.39, 0.29) is 12.2 Å². The van der Waals surface area contributed by atoms with Crippen molar-refractivity contribution in [3.8, 4) is 0 Å². The molecule has 15 heavy (non-hydrogen) atoms. The minimum absolute atomic E-state index is 0.211. The zero-order valence-corrected chi connectivity index (χ0v) is 9.30. The molecule has 1 aromatic carbocycles. The van der Waals surface area contributed by atoms with Crippen LogP contribution in [-0.2, 0) is 4.74 Å². The molecule has 0 aliphatic rings. The Morgan fingerprint density at radius 1 is 1.53 bits per heavy atom. The van der Waals surface area contributed by atoms with Crippen molar-refractivity contribution in [2.45, 2.75) is 13.8 Å². The number of carbonyl (C=O) groups is 2. The minimum atomic E-state index is -0.526. The largest absolute Gasteiger partial charge is 0.462 e. The van der Waals surface area contributed by atoms with Crippen LogP contribution in [-0.4, -0.2) is 18.9 Å². The fourth-order valence-electron chi connectivity index (χ4n) is 1.19. The Labute approximate surface area is 93.0 Å². The maximum Gasteiger partial charge on any atom is 0.338 e. The Kier molecular flexibility index (Phi) is 3.86. The molecule has 4 heteroatoms. The molecule has 0 heterocycles. The van der Waals surface area contributed by atoms with E-state index in [1.165, 1.54) is 6.07 Å². The first-order valence-corrected chi connectivity index (χ1v) is 4.90. The summed E-state index contributed by atoms with van der Waals surface area (Å²) < 4.78 is 4.81. The van der Waals surface area contributed by atoms with Crippen LogP contribution in [0.5, 0.6) is 0 Å². The van der Waals surface area contributed by atoms with Gasteiger partial charge in [-0.2, -0.15) is 0 Å². The highest BCUT2D eigenvalue weighted by atomic mass is 35.5. The maximum atomic E-state index is 11.4. The lowest BCUT2D eigenvalue weighted by Crippen LogP contribution is -2.08. The van der Waals surface area contributed by atoms with E-state index in [2.05, 4.69) is 0 Å². The topological polar surface area (TPSA) is 43.4 Å². The van der Waals surface area contributed by atoms with Gasteiger partial charge < -0.3 is 4.74 Å². The number of ether oxygens (including phenoxy) is 1. The predicted octanol–water partition coefficient (Wildman–Crippen LogP) is 2.64. The summed E-state index contributed by atoms with van der Waals surface area (Å²) in [6, 6.07) is 3.03. The first kappa shape index (κ1) is 11.7. The monoisotopic (exact) mass is 226 g/mol. The van der Waals surface area contributed by atoms with Gasteiger partial charge in [-0.1, -0.05) is 11.6 Å². The molecule has 3 nitrogen and oxygen atoms in total. The van der Waals surface area contributed by atoms with Crippen molar-refractivity contribution < 1.29 is 14.3 Å². The minimum Gasteiger partial charge on any atom is -0.462 e. The van der Waals surface area contributed by atoms with Gasteiger partial charge in [0, 0.05) is 10.6 Å². The van der Waals surface area contributed by atoms with Crippen LogP contribution < -0.4 is 0 Å². The van der Waals surface area contributed by atoms with Gasteiger partial charge in [0.05, 0.1) is 12.2 Å². The molecule has 0 aliphatic carbocycles. The van der Waals surface area contributed by atoms with E-state index < -0.39 is 5.97 Å². The van der Waals surface area contributed by atoms with Crippen molar-refractivity contribution in [3.05, 3.63) is 33.8 Å². The first-order chi connectivity index (χ1) is 7.10. The molecule has 0 aromatic heterocycles. The summed E-state index contributed by atoms with van der Waals surface area (Å²) in [6.45, 7) is 3.74. The lowest BCUT2D eigenvalue weighted by atomic mass is 10.1. The first-order valence-electron chi connectivity index (χ1n) is 4.52. The van der Waals surface area contributed by atoms with Gasteiger partial charge in [0.1, 0.15) is 0 Å². The molecule has 0 saturated heterocycles. The Morgan fingerprint density at radius 2 is 2.20 bits per heavy atom. The normalized spacial score (nSPS) is 9.80. The molecule has 0 spiro atoms. The zero-order chi connectivity index (χ0) is 11.4. The van der Waals surface area contributed by atoms with Crippen LogP contribution in [0.1, 0.15) is 33.2 Å². The molecule has 0 N–H and O–H groups in total. The Balaban J connectivity index is 3.21. The number of hydrogen-bond donors (Lipinski definition) is 0. The quantitative estimate of drug-likeness (QED) is 0.588. The lowest BCUT2D eigenvalue weighted by molar-refractivity contribution is 0.0524. The van der Waals surface area contributed by atoms with Gasteiger partial charge in [-0.25, -0.2) is 4.79 Å². The van der Waals surface area contributed by atoms with Crippen LogP contribution in [0.2, 0.25) is 5.02 Å².